The minimum atomic E-state index is -0.273. The minimum absolute atomic E-state index is 0.0202. The van der Waals surface area contributed by atoms with Gasteiger partial charge in [0.05, 0.1) is 14.2 Å². The van der Waals surface area contributed by atoms with Crippen molar-refractivity contribution in [3.05, 3.63) is 112 Å². The Morgan fingerprint density at radius 3 is 1.85 bits per heavy atom. The van der Waals surface area contributed by atoms with Gasteiger partial charge in [0.15, 0.2) is 23.7 Å². The molecule has 0 aliphatic heterocycles. The van der Waals surface area contributed by atoms with Crippen LogP contribution in [0.2, 0.25) is 0 Å². The highest BCUT2D eigenvalue weighted by Crippen LogP contribution is 2.42. The minimum Gasteiger partial charge on any atom is -0.493 e. The molecule has 0 spiro atoms. The van der Waals surface area contributed by atoms with Crippen molar-refractivity contribution < 1.29 is 32.8 Å². The van der Waals surface area contributed by atoms with Gasteiger partial charge in [-0.2, -0.15) is 0 Å². The highest BCUT2D eigenvalue weighted by atomic mass is 16.7. The standard InChI is InChI=1S/C33H30O8/c1-35-21-40-25-16-28(38-19-22-10-6-4-7-11-22)32-26(34)18-27(41-29(32)17-25)24-14-30(36-2)33(31(15-24)37-3)39-20-23-12-8-5-9-13-23/h4-18H,19-21H2,1-3H3. The third-order valence-electron chi connectivity index (χ3n) is 6.32. The van der Waals surface area contributed by atoms with Gasteiger partial charge in [0.25, 0.3) is 0 Å². The Labute approximate surface area is 237 Å². The van der Waals surface area contributed by atoms with Gasteiger partial charge in [0.1, 0.15) is 41.4 Å². The van der Waals surface area contributed by atoms with E-state index in [2.05, 4.69) is 0 Å². The zero-order valence-corrected chi connectivity index (χ0v) is 23.0. The van der Waals surface area contributed by atoms with Gasteiger partial charge in [-0.05, 0) is 23.3 Å². The molecular weight excluding hydrogens is 524 g/mol. The topological polar surface area (TPSA) is 85.6 Å². The van der Waals surface area contributed by atoms with Gasteiger partial charge in [0.2, 0.25) is 5.75 Å². The molecule has 5 aromatic rings. The van der Waals surface area contributed by atoms with Crippen molar-refractivity contribution in [1.82, 2.24) is 0 Å². The second kappa shape index (κ2) is 12.9. The first-order valence-electron chi connectivity index (χ1n) is 12.9. The van der Waals surface area contributed by atoms with Crippen LogP contribution in [0.4, 0.5) is 0 Å². The van der Waals surface area contributed by atoms with Crippen molar-refractivity contribution in [2.45, 2.75) is 13.2 Å². The Hall–Kier alpha value is -4.95. The summed E-state index contributed by atoms with van der Waals surface area (Å²) in [6.45, 7) is 0.615. The Morgan fingerprint density at radius 1 is 0.659 bits per heavy atom. The normalized spacial score (nSPS) is 10.8. The molecule has 41 heavy (non-hydrogen) atoms. The highest BCUT2D eigenvalue weighted by Gasteiger charge is 2.19. The van der Waals surface area contributed by atoms with Crippen molar-refractivity contribution in [2.24, 2.45) is 0 Å². The van der Waals surface area contributed by atoms with Crippen LogP contribution in [0.1, 0.15) is 11.1 Å². The number of benzene rings is 4. The summed E-state index contributed by atoms with van der Waals surface area (Å²) < 4.78 is 40.4. The number of hydrogen-bond donors (Lipinski definition) is 0. The van der Waals surface area contributed by atoms with Gasteiger partial charge in [0, 0.05) is 30.9 Å². The lowest BCUT2D eigenvalue weighted by Gasteiger charge is -2.16. The molecule has 0 aliphatic rings. The molecule has 1 heterocycles. The summed E-state index contributed by atoms with van der Waals surface area (Å²) in [6.07, 6.45) is 0. The van der Waals surface area contributed by atoms with E-state index in [-0.39, 0.29) is 18.8 Å². The van der Waals surface area contributed by atoms with Gasteiger partial charge < -0.3 is 32.8 Å². The number of rotatable bonds is 12. The first-order valence-corrected chi connectivity index (χ1v) is 12.9. The van der Waals surface area contributed by atoms with Crippen LogP contribution in [0.25, 0.3) is 22.3 Å². The Bertz CT molecular complexity index is 1640. The molecule has 210 valence electrons. The van der Waals surface area contributed by atoms with E-state index in [1.54, 1.807) is 38.5 Å². The molecule has 0 bridgehead atoms. The molecule has 1 aromatic heterocycles. The number of ether oxygens (including phenoxy) is 6. The monoisotopic (exact) mass is 554 g/mol. The summed E-state index contributed by atoms with van der Waals surface area (Å²) in [4.78, 5) is 13.5. The van der Waals surface area contributed by atoms with Gasteiger partial charge >= 0.3 is 0 Å². The number of methoxy groups -OCH3 is 3. The summed E-state index contributed by atoms with van der Waals surface area (Å²) in [6, 6.07) is 27.7. The van der Waals surface area contributed by atoms with E-state index in [0.29, 0.717) is 57.6 Å². The molecule has 8 nitrogen and oxygen atoms in total. The van der Waals surface area contributed by atoms with E-state index < -0.39 is 0 Å². The third kappa shape index (κ3) is 6.45. The van der Waals surface area contributed by atoms with Crippen LogP contribution in [-0.4, -0.2) is 28.1 Å². The molecule has 0 saturated carbocycles. The highest BCUT2D eigenvalue weighted by molar-refractivity contribution is 5.86. The second-order valence-corrected chi connectivity index (χ2v) is 9.08. The van der Waals surface area contributed by atoms with Gasteiger partial charge in [-0.3, -0.25) is 4.79 Å². The number of fused-ring (bicyclic) bond motifs is 1. The Morgan fingerprint density at radius 2 is 1.27 bits per heavy atom. The molecule has 8 heteroatoms. The Kier molecular flexibility index (Phi) is 8.71. The van der Waals surface area contributed by atoms with Crippen molar-refractivity contribution in [3.63, 3.8) is 0 Å². The predicted octanol–water partition coefficient (Wildman–Crippen LogP) is 6.62. The molecular formula is C33H30O8. The molecule has 0 radical (unpaired) electrons. The maximum atomic E-state index is 13.5. The molecule has 0 atom stereocenters. The van der Waals surface area contributed by atoms with E-state index >= 15 is 0 Å². The summed E-state index contributed by atoms with van der Waals surface area (Å²) in [7, 11) is 4.61. The molecule has 0 unspecified atom stereocenters. The van der Waals surface area contributed by atoms with E-state index in [1.165, 1.54) is 13.2 Å². The lowest BCUT2D eigenvalue weighted by atomic mass is 10.1. The quantitative estimate of drug-likeness (QED) is 0.159. The molecule has 0 amide bonds. The van der Waals surface area contributed by atoms with Gasteiger partial charge in [-0.1, -0.05) is 60.7 Å². The molecule has 0 N–H and O–H groups in total. The van der Waals surface area contributed by atoms with Crippen molar-refractivity contribution in [2.75, 3.05) is 28.1 Å². The number of hydrogen-bond acceptors (Lipinski definition) is 8. The predicted molar refractivity (Wildman–Crippen MR) is 155 cm³/mol. The summed E-state index contributed by atoms with van der Waals surface area (Å²) >= 11 is 0. The van der Waals surface area contributed by atoms with Gasteiger partial charge in [-0.15, -0.1) is 0 Å². The molecule has 0 fully saturated rings. The van der Waals surface area contributed by atoms with Crippen LogP contribution in [0.15, 0.2) is 100 Å². The van der Waals surface area contributed by atoms with Crippen molar-refractivity contribution in [3.8, 4) is 40.1 Å². The Balaban J connectivity index is 1.54. The average Bonchev–Trinajstić information content (AvgIpc) is 3.01. The SMILES string of the molecule is COCOc1cc(OCc2ccccc2)c2c(=O)cc(-c3cc(OC)c(OCc4ccccc4)c(OC)c3)oc2c1. The van der Waals surface area contributed by atoms with Crippen molar-refractivity contribution in [1.29, 1.82) is 0 Å². The first kappa shape index (κ1) is 27.6. The van der Waals surface area contributed by atoms with E-state index in [4.69, 9.17) is 32.8 Å². The zero-order chi connectivity index (χ0) is 28.6. The maximum absolute atomic E-state index is 13.5. The fourth-order valence-electron chi connectivity index (χ4n) is 4.32. The van der Waals surface area contributed by atoms with Crippen LogP contribution in [-0.2, 0) is 18.0 Å². The van der Waals surface area contributed by atoms with E-state index in [1.807, 2.05) is 60.7 Å². The average molecular weight is 555 g/mol. The smallest absolute Gasteiger partial charge is 0.203 e. The first-order chi connectivity index (χ1) is 20.1. The molecule has 4 aromatic carbocycles. The molecule has 0 aliphatic carbocycles. The van der Waals surface area contributed by atoms with Crippen LogP contribution in [0.3, 0.4) is 0 Å². The second-order valence-electron chi connectivity index (χ2n) is 9.08. The molecule has 5 rings (SSSR count). The summed E-state index contributed by atoms with van der Waals surface area (Å²) in [5, 5.41) is 0.302. The van der Waals surface area contributed by atoms with Crippen LogP contribution < -0.4 is 29.1 Å². The zero-order valence-electron chi connectivity index (χ0n) is 23.0. The molecule has 0 saturated heterocycles. The van der Waals surface area contributed by atoms with Crippen LogP contribution >= 0.6 is 0 Å². The lowest BCUT2D eigenvalue weighted by Crippen LogP contribution is -2.06. The van der Waals surface area contributed by atoms with E-state index in [9.17, 15) is 4.79 Å². The largest absolute Gasteiger partial charge is 0.493 e. The fourth-order valence-corrected chi connectivity index (χ4v) is 4.32. The van der Waals surface area contributed by atoms with Crippen LogP contribution in [0, 0.1) is 0 Å². The summed E-state index contributed by atoms with van der Waals surface area (Å²) in [5.41, 5.74) is 2.55. The lowest BCUT2D eigenvalue weighted by molar-refractivity contribution is 0.0510. The summed E-state index contributed by atoms with van der Waals surface area (Å²) in [5.74, 6) is 2.40. The maximum Gasteiger partial charge on any atom is 0.203 e. The van der Waals surface area contributed by atoms with Gasteiger partial charge in [-0.25, -0.2) is 0 Å². The van der Waals surface area contributed by atoms with Crippen molar-refractivity contribution >= 4 is 11.0 Å². The third-order valence-corrected chi connectivity index (χ3v) is 6.32. The van der Waals surface area contributed by atoms with E-state index in [0.717, 1.165) is 11.1 Å². The van der Waals surface area contributed by atoms with Crippen LogP contribution in [0.5, 0.6) is 28.7 Å². The fraction of sp³-hybridized carbons (Fsp3) is 0.182.